The average molecular weight is 254 g/mol. The van der Waals surface area contributed by atoms with Gasteiger partial charge in [-0.2, -0.15) is 0 Å². The number of hydrogen-bond donors (Lipinski definition) is 1. The predicted octanol–water partition coefficient (Wildman–Crippen LogP) is 0.927. The predicted molar refractivity (Wildman–Crippen MR) is 59.9 cm³/mol. The minimum Gasteiger partial charge on any atom is -0.343 e. The summed E-state index contributed by atoms with van der Waals surface area (Å²) in [7, 11) is 0. The maximum atomic E-state index is 13.3. The monoisotopic (exact) mass is 254 g/mol. The molecule has 4 nitrogen and oxygen atoms in total. The van der Waals surface area contributed by atoms with Crippen LogP contribution in [-0.2, 0) is 4.79 Å². The molecule has 0 saturated carbocycles. The van der Waals surface area contributed by atoms with Crippen LogP contribution in [0.3, 0.4) is 0 Å². The largest absolute Gasteiger partial charge is 0.343 e. The average Bonchev–Trinajstić information content (AvgIpc) is 2.23. The molecule has 96 valence electrons. The van der Waals surface area contributed by atoms with Crippen molar-refractivity contribution in [3.8, 4) is 0 Å². The fourth-order valence-electron chi connectivity index (χ4n) is 1.60. The lowest BCUT2D eigenvalue weighted by molar-refractivity contribution is -0.133. The molecular weight excluding hydrogens is 242 g/mol. The van der Waals surface area contributed by atoms with E-state index in [0.29, 0.717) is 19.2 Å². The minimum absolute atomic E-state index is 0.171. The quantitative estimate of drug-likeness (QED) is 0.872. The van der Waals surface area contributed by atoms with Gasteiger partial charge in [0.15, 0.2) is 0 Å². The number of carbonyl (C=O) groups excluding carboxylic acids is 2. The standard InChI is InChI=1S/C12H12F2N2O2/c13-8-2-3-9(10(14)6-8)12(18)15-7-11(17)16-4-1-5-16/h2-3,6H,1,4-5,7H2,(H,15,18). The molecule has 1 aliphatic rings. The van der Waals surface area contributed by atoms with E-state index in [1.165, 1.54) is 0 Å². The summed E-state index contributed by atoms with van der Waals surface area (Å²) in [4.78, 5) is 24.6. The number of amides is 2. The zero-order valence-electron chi connectivity index (χ0n) is 9.58. The van der Waals surface area contributed by atoms with Gasteiger partial charge in [-0.25, -0.2) is 8.78 Å². The SMILES string of the molecule is O=C(NCC(=O)N1CCC1)c1ccc(F)cc1F. The molecule has 0 aliphatic carbocycles. The van der Waals surface area contributed by atoms with Crippen LogP contribution in [-0.4, -0.2) is 36.3 Å². The smallest absolute Gasteiger partial charge is 0.254 e. The van der Waals surface area contributed by atoms with Crippen LogP contribution < -0.4 is 5.32 Å². The Bertz CT molecular complexity index is 487. The van der Waals surface area contributed by atoms with Crippen LogP contribution in [0.15, 0.2) is 18.2 Å². The van der Waals surface area contributed by atoms with Gasteiger partial charge in [-0.3, -0.25) is 9.59 Å². The van der Waals surface area contributed by atoms with Gasteiger partial charge in [0.05, 0.1) is 12.1 Å². The maximum Gasteiger partial charge on any atom is 0.254 e. The van der Waals surface area contributed by atoms with Gasteiger partial charge < -0.3 is 10.2 Å². The van der Waals surface area contributed by atoms with Gasteiger partial charge in [-0.05, 0) is 18.6 Å². The van der Waals surface area contributed by atoms with Gasteiger partial charge in [0, 0.05) is 19.2 Å². The maximum absolute atomic E-state index is 13.3. The zero-order chi connectivity index (χ0) is 13.1. The molecule has 6 heteroatoms. The second kappa shape index (κ2) is 5.12. The van der Waals surface area contributed by atoms with Gasteiger partial charge >= 0.3 is 0 Å². The van der Waals surface area contributed by atoms with E-state index in [4.69, 9.17) is 0 Å². The van der Waals surface area contributed by atoms with Crippen molar-refractivity contribution in [2.75, 3.05) is 19.6 Å². The summed E-state index contributed by atoms with van der Waals surface area (Å²) < 4.78 is 25.9. The lowest BCUT2D eigenvalue weighted by Gasteiger charge is -2.30. The fraction of sp³-hybridized carbons (Fsp3) is 0.333. The van der Waals surface area contributed by atoms with E-state index in [-0.39, 0.29) is 18.0 Å². The van der Waals surface area contributed by atoms with Crippen molar-refractivity contribution in [2.24, 2.45) is 0 Å². The Morgan fingerprint density at radius 2 is 2.00 bits per heavy atom. The Morgan fingerprint density at radius 1 is 1.28 bits per heavy atom. The Kier molecular flexibility index (Phi) is 3.55. The number of hydrogen-bond acceptors (Lipinski definition) is 2. The van der Waals surface area contributed by atoms with Crippen LogP contribution >= 0.6 is 0 Å². The van der Waals surface area contributed by atoms with E-state index in [0.717, 1.165) is 18.6 Å². The molecule has 0 atom stereocenters. The lowest BCUT2D eigenvalue weighted by Crippen LogP contribution is -2.47. The zero-order valence-corrected chi connectivity index (χ0v) is 9.58. The fourth-order valence-corrected chi connectivity index (χ4v) is 1.60. The summed E-state index contributed by atoms with van der Waals surface area (Å²) in [6.45, 7) is 1.22. The molecule has 2 amide bonds. The first-order valence-corrected chi connectivity index (χ1v) is 5.59. The Hall–Kier alpha value is -1.98. The van der Waals surface area contributed by atoms with E-state index < -0.39 is 17.5 Å². The molecule has 18 heavy (non-hydrogen) atoms. The number of nitrogens with zero attached hydrogens (tertiary/aromatic N) is 1. The van der Waals surface area contributed by atoms with Crippen molar-refractivity contribution >= 4 is 11.8 Å². The molecule has 1 N–H and O–H groups in total. The summed E-state index contributed by atoms with van der Waals surface area (Å²) in [5.41, 5.74) is -0.271. The molecule has 0 bridgehead atoms. The highest BCUT2D eigenvalue weighted by Gasteiger charge is 2.21. The molecule has 2 rings (SSSR count). The van der Waals surface area contributed by atoms with Crippen molar-refractivity contribution in [3.05, 3.63) is 35.4 Å². The van der Waals surface area contributed by atoms with Gasteiger partial charge in [-0.15, -0.1) is 0 Å². The summed E-state index contributed by atoms with van der Waals surface area (Å²) in [5, 5.41) is 2.32. The van der Waals surface area contributed by atoms with E-state index >= 15 is 0 Å². The highest BCUT2D eigenvalue weighted by atomic mass is 19.1. The lowest BCUT2D eigenvalue weighted by atomic mass is 10.2. The third-order valence-corrected chi connectivity index (χ3v) is 2.78. The van der Waals surface area contributed by atoms with Crippen LogP contribution in [0, 0.1) is 11.6 Å². The third kappa shape index (κ3) is 2.64. The summed E-state index contributed by atoms with van der Waals surface area (Å²) in [6.07, 6.45) is 0.965. The van der Waals surface area contributed by atoms with Gasteiger partial charge in [-0.1, -0.05) is 0 Å². The molecule has 0 radical (unpaired) electrons. The number of carbonyl (C=O) groups is 2. The first kappa shape index (κ1) is 12.5. The van der Waals surface area contributed by atoms with Crippen LogP contribution in [0.25, 0.3) is 0 Å². The second-order valence-electron chi connectivity index (χ2n) is 4.04. The number of nitrogens with one attached hydrogen (secondary N) is 1. The van der Waals surface area contributed by atoms with E-state index in [9.17, 15) is 18.4 Å². The topological polar surface area (TPSA) is 49.4 Å². The molecule has 1 heterocycles. The Balaban J connectivity index is 1.92. The van der Waals surface area contributed by atoms with E-state index in [1.54, 1.807) is 4.90 Å². The molecule has 1 aromatic carbocycles. The van der Waals surface area contributed by atoms with Crippen LogP contribution in [0.2, 0.25) is 0 Å². The minimum atomic E-state index is -0.941. The van der Waals surface area contributed by atoms with Crippen LogP contribution in [0.1, 0.15) is 16.8 Å². The summed E-state index contributed by atoms with van der Waals surface area (Å²) in [5.74, 6) is -2.61. The van der Waals surface area contributed by atoms with Crippen molar-refractivity contribution in [2.45, 2.75) is 6.42 Å². The molecule has 1 saturated heterocycles. The van der Waals surface area contributed by atoms with Gasteiger partial charge in [0.2, 0.25) is 5.91 Å². The van der Waals surface area contributed by atoms with Crippen LogP contribution in [0.4, 0.5) is 8.78 Å². The van der Waals surface area contributed by atoms with Crippen molar-refractivity contribution < 1.29 is 18.4 Å². The molecule has 0 aromatic heterocycles. The number of benzene rings is 1. The summed E-state index contributed by atoms with van der Waals surface area (Å²) in [6, 6.07) is 2.68. The Labute approximate surface area is 103 Å². The van der Waals surface area contributed by atoms with Crippen molar-refractivity contribution in [3.63, 3.8) is 0 Å². The molecule has 0 unspecified atom stereocenters. The summed E-state index contributed by atoms with van der Waals surface area (Å²) >= 11 is 0. The van der Waals surface area contributed by atoms with Gasteiger partial charge in [0.1, 0.15) is 11.6 Å². The second-order valence-corrected chi connectivity index (χ2v) is 4.04. The van der Waals surface area contributed by atoms with Crippen molar-refractivity contribution in [1.82, 2.24) is 10.2 Å². The number of rotatable bonds is 3. The van der Waals surface area contributed by atoms with Crippen molar-refractivity contribution in [1.29, 1.82) is 0 Å². The van der Waals surface area contributed by atoms with E-state index in [1.807, 2.05) is 0 Å². The molecule has 1 aliphatic heterocycles. The highest BCUT2D eigenvalue weighted by molar-refractivity contribution is 5.96. The molecular formula is C12H12F2N2O2. The number of halogens is 2. The first-order chi connectivity index (χ1) is 8.58. The highest BCUT2D eigenvalue weighted by Crippen LogP contribution is 2.09. The number of likely N-dealkylation sites (tertiary alicyclic amines) is 1. The molecule has 1 fully saturated rings. The van der Waals surface area contributed by atoms with Gasteiger partial charge in [0.25, 0.3) is 5.91 Å². The third-order valence-electron chi connectivity index (χ3n) is 2.78. The molecule has 1 aromatic rings. The normalized spacial score (nSPS) is 14.0. The Morgan fingerprint density at radius 3 is 2.56 bits per heavy atom. The van der Waals surface area contributed by atoms with Crippen LogP contribution in [0.5, 0.6) is 0 Å². The molecule has 0 spiro atoms. The van der Waals surface area contributed by atoms with E-state index in [2.05, 4.69) is 5.32 Å². The first-order valence-electron chi connectivity index (χ1n) is 5.59.